The van der Waals surface area contributed by atoms with Crippen molar-refractivity contribution in [1.29, 1.82) is 0 Å². The molecule has 1 saturated heterocycles. The highest BCUT2D eigenvalue weighted by molar-refractivity contribution is 6.03. The molecule has 2 aromatic rings. The first-order valence-electron chi connectivity index (χ1n) is 10.7. The molecule has 0 radical (unpaired) electrons. The predicted molar refractivity (Wildman–Crippen MR) is 124 cm³/mol. The third-order valence-corrected chi connectivity index (χ3v) is 5.14. The van der Waals surface area contributed by atoms with Crippen LogP contribution in [0, 0.1) is 0 Å². The van der Waals surface area contributed by atoms with E-state index in [1.807, 2.05) is 18.2 Å². The minimum Gasteiger partial charge on any atom is -0.462 e. The molecule has 6 heteroatoms. The number of benzene rings is 2. The van der Waals surface area contributed by atoms with Gasteiger partial charge in [0.05, 0.1) is 31.1 Å². The number of rotatable bonds is 7. The molecule has 2 aromatic carbocycles. The van der Waals surface area contributed by atoms with Gasteiger partial charge in [0.15, 0.2) is 0 Å². The van der Waals surface area contributed by atoms with Crippen molar-refractivity contribution in [3.63, 3.8) is 0 Å². The Morgan fingerprint density at radius 3 is 2.48 bits per heavy atom. The normalized spacial score (nSPS) is 14.1. The van der Waals surface area contributed by atoms with Crippen molar-refractivity contribution in [1.82, 2.24) is 0 Å². The van der Waals surface area contributed by atoms with E-state index in [0.29, 0.717) is 43.5 Å². The van der Waals surface area contributed by atoms with E-state index in [4.69, 9.17) is 9.47 Å². The Labute approximate surface area is 183 Å². The monoisotopic (exact) mass is 422 g/mol. The van der Waals surface area contributed by atoms with Gasteiger partial charge in [-0.15, -0.1) is 0 Å². The molecule has 0 saturated carbocycles. The molecule has 1 aliphatic rings. The summed E-state index contributed by atoms with van der Waals surface area (Å²) in [5, 5.41) is 2.83. The molecule has 1 amide bonds. The summed E-state index contributed by atoms with van der Waals surface area (Å²) in [5.41, 5.74) is 3.99. The third kappa shape index (κ3) is 6.18. The average Bonchev–Trinajstić information content (AvgIpc) is 2.78. The second-order valence-electron chi connectivity index (χ2n) is 7.70. The van der Waals surface area contributed by atoms with Crippen molar-refractivity contribution in [2.45, 2.75) is 26.7 Å². The molecule has 31 heavy (non-hydrogen) atoms. The lowest BCUT2D eigenvalue weighted by Gasteiger charge is -2.30. The number of carbonyl (C=O) groups excluding carboxylic acids is 2. The van der Waals surface area contributed by atoms with Gasteiger partial charge in [-0.2, -0.15) is 0 Å². The van der Waals surface area contributed by atoms with E-state index >= 15 is 0 Å². The van der Waals surface area contributed by atoms with Gasteiger partial charge in [0.1, 0.15) is 0 Å². The van der Waals surface area contributed by atoms with Gasteiger partial charge in [0.2, 0.25) is 5.91 Å². The summed E-state index contributed by atoms with van der Waals surface area (Å²) in [5.74, 6) is -0.196. The number of morpholine rings is 1. The summed E-state index contributed by atoms with van der Waals surface area (Å²) in [6.45, 7) is 8.99. The molecular weight excluding hydrogens is 392 g/mol. The van der Waals surface area contributed by atoms with Crippen LogP contribution in [0.5, 0.6) is 0 Å². The maximum Gasteiger partial charge on any atom is 0.340 e. The van der Waals surface area contributed by atoms with Crippen molar-refractivity contribution in [2.75, 3.05) is 43.1 Å². The lowest BCUT2D eigenvalue weighted by Crippen LogP contribution is -2.37. The molecular formula is C25H30N2O4. The maximum atomic E-state index is 12.5. The zero-order valence-electron chi connectivity index (χ0n) is 18.4. The van der Waals surface area contributed by atoms with E-state index < -0.39 is 5.97 Å². The molecule has 1 aliphatic heterocycles. The van der Waals surface area contributed by atoms with Crippen molar-refractivity contribution in [3.05, 3.63) is 65.2 Å². The molecule has 6 nitrogen and oxygen atoms in total. The van der Waals surface area contributed by atoms with E-state index in [2.05, 4.69) is 36.2 Å². The Kier molecular flexibility index (Phi) is 7.84. The number of nitrogens with zero attached hydrogens (tertiary/aromatic N) is 1. The largest absolute Gasteiger partial charge is 0.462 e. The van der Waals surface area contributed by atoms with Crippen LogP contribution in [0.2, 0.25) is 0 Å². The summed E-state index contributed by atoms with van der Waals surface area (Å²) in [7, 11) is 0. The van der Waals surface area contributed by atoms with E-state index in [9.17, 15) is 9.59 Å². The molecule has 0 unspecified atom stereocenters. The first-order chi connectivity index (χ1) is 15.0. The number of esters is 1. The quantitative estimate of drug-likeness (QED) is 0.527. The Balaban J connectivity index is 1.73. The molecule has 0 aliphatic carbocycles. The number of carbonyl (C=O) groups is 2. The zero-order valence-corrected chi connectivity index (χ0v) is 18.4. The van der Waals surface area contributed by atoms with Crippen molar-refractivity contribution in [2.24, 2.45) is 0 Å². The molecule has 0 atom stereocenters. The summed E-state index contributed by atoms with van der Waals surface area (Å²) in [4.78, 5) is 27.0. The van der Waals surface area contributed by atoms with Crippen molar-refractivity contribution >= 4 is 29.3 Å². The smallest absolute Gasteiger partial charge is 0.340 e. The molecule has 0 spiro atoms. The minimum absolute atomic E-state index is 0.262. The lowest BCUT2D eigenvalue weighted by molar-refractivity contribution is -0.111. The first kappa shape index (κ1) is 22.6. The van der Waals surface area contributed by atoms with Crippen LogP contribution in [0.3, 0.4) is 0 Å². The number of ether oxygens (including phenoxy) is 2. The van der Waals surface area contributed by atoms with Crippen molar-refractivity contribution in [3.8, 4) is 0 Å². The summed E-state index contributed by atoms with van der Waals surface area (Å²) in [6.07, 6.45) is 3.26. The molecule has 1 heterocycles. The topological polar surface area (TPSA) is 67.9 Å². The van der Waals surface area contributed by atoms with Gasteiger partial charge >= 0.3 is 5.97 Å². The van der Waals surface area contributed by atoms with Crippen LogP contribution in [0.1, 0.15) is 48.2 Å². The standard InChI is InChI=1S/C25H30N2O4/c1-4-31-25(29)22-17-21(10-11-23(22)27-13-15-30-16-14-27)26-24(28)12-7-19-5-8-20(9-6-19)18(2)3/h5-12,17-18H,4,13-16H2,1-3H3,(H,26,28)/b12-7+. The van der Waals surface area contributed by atoms with Gasteiger partial charge in [-0.25, -0.2) is 4.79 Å². The molecule has 0 bridgehead atoms. The van der Waals surface area contributed by atoms with Gasteiger partial charge in [-0.1, -0.05) is 38.1 Å². The van der Waals surface area contributed by atoms with Gasteiger partial charge in [0, 0.05) is 24.9 Å². The van der Waals surface area contributed by atoms with Crippen LogP contribution >= 0.6 is 0 Å². The maximum absolute atomic E-state index is 12.5. The lowest BCUT2D eigenvalue weighted by atomic mass is 10.0. The van der Waals surface area contributed by atoms with Crippen LogP contribution in [-0.4, -0.2) is 44.8 Å². The number of hydrogen-bond donors (Lipinski definition) is 1. The van der Waals surface area contributed by atoms with Crippen LogP contribution in [0.15, 0.2) is 48.5 Å². The van der Waals surface area contributed by atoms with E-state index in [-0.39, 0.29) is 12.5 Å². The summed E-state index contributed by atoms with van der Waals surface area (Å²) in [6, 6.07) is 13.4. The fourth-order valence-corrected chi connectivity index (χ4v) is 3.41. The van der Waals surface area contributed by atoms with Gasteiger partial charge in [-0.3, -0.25) is 4.79 Å². The molecule has 0 aromatic heterocycles. The van der Waals surface area contributed by atoms with Gasteiger partial charge in [0.25, 0.3) is 0 Å². The van der Waals surface area contributed by atoms with Crippen molar-refractivity contribution < 1.29 is 19.1 Å². The molecule has 164 valence electrons. The van der Waals surface area contributed by atoms with Crippen LogP contribution < -0.4 is 10.2 Å². The van der Waals surface area contributed by atoms with E-state index in [1.165, 1.54) is 11.6 Å². The zero-order chi connectivity index (χ0) is 22.2. The van der Waals surface area contributed by atoms with Gasteiger partial charge < -0.3 is 19.7 Å². The van der Waals surface area contributed by atoms with E-state index in [1.54, 1.807) is 25.1 Å². The SMILES string of the molecule is CCOC(=O)c1cc(NC(=O)/C=C/c2ccc(C(C)C)cc2)ccc1N1CCOCC1. The number of anilines is 2. The Morgan fingerprint density at radius 2 is 1.84 bits per heavy atom. The fraction of sp³-hybridized carbons (Fsp3) is 0.360. The summed E-state index contributed by atoms with van der Waals surface area (Å²) < 4.78 is 10.6. The highest BCUT2D eigenvalue weighted by atomic mass is 16.5. The Bertz CT molecular complexity index is 929. The molecule has 3 rings (SSSR count). The molecule has 1 fully saturated rings. The second kappa shape index (κ2) is 10.8. The number of nitrogens with one attached hydrogen (secondary N) is 1. The number of amides is 1. The average molecular weight is 423 g/mol. The Morgan fingerprint density at radius 1 is 1.13 bits per heavy atom. The highest BCUT2D eigenvalue weighted by Crippen LogP contribution is 2.26. The Hall–Kier alpha value is -3.12. The number of hydrogen-bond acceptors (Lipinski definition) is 5. The predicted octanol–water partition coefficient (Wildman–Crippen LogP) is 4.48. The summed E-state index contributed by atoms with van der Waals surface area (Å²) >= 11 is 0. The van der Waals surface area contributed by atoms with Crippen LogP contribution in [0.4, 0.5) is 11.4 Å². The van der Waals surface area contributed by atoms with Crippen LogP contribution in [0.25, 0.3) is 6.08 Å². The van der Waals surface area contributed by atoms with Gasteiger partial charge in [-0.05, 0) is 48.2 Å². The highest BCUT2D eigenvalue weighted by Gasteiger charge is 2.20. The fourth-order valence-electron chi connectivity index (χ4n) is 3.41. The molecule has 1 N–H and O–H groups in total. The second-order valence-corrected chi connectivity index (χ2v) is 7.70. The third-order valence-electron chi connectivity index (χ3n) is 5.14. The van der Waals surface area contributed by atoms with Crippen LogP contribution in [-0.2, 0) is 14.3 Å². The van der Waals surface area contributed by atoms with E-state index in [0.717, 1.165) is 11.3 Å². The first-order valence-corrected chi connectivity index (χ1v) is 10.7. The minimum atomic E-state index is -0.402.